The fourth-order valence-electron chi connectivity index (χ4n) is 1.80. The van der Waals surface area contributed by atoms with E-state index in [-0.39, 0.29) is 16.5 Å². The minimum atomic E-state index is -0.165. The molecular formula is C14H20N2O. The topological polar surface area (TPSA) is 45.8 Å². The number of rotatable bonds is 3. The van der Waals surface area contributed by atoms with Gasteiger partial charge in [0, 0.05) is 12.2 Å². The van der Waals surface area contributed by atoms with Gasteiger partial charge in [0.05, 0.1) is 0 Å². The van der Waals surface area contributed by atoms with Gasteiger partial charge in [-0.2, -0.15) is 5.26 Å². The molecule has 0 aliphatic carbocycles. The standard InChI is InChI=1S/C14H20N2O/c1-11-6-7-12(10-15)13(17)16(11)9-5-8-14(2,3)4/h6-7H,5,8-9H2,1-4H3. The van der Waals surface area contributed by atoms with Crippen LogP contribution in [0.5, 0.6) is 0 Å². The number of nitrogens with zero attached hydrogens (tertiary/aromatic N) is 2. The lowest BCUT2D eigenvalue weighted by Gasteiger charge is -2.18. The summed E-state index contributed by atoms with van der Waals surface area (Å²) in [7, 11) is 0. The number of hydrogen-bond acceptors (Lipinski definition) is 2. The molecule has 0 N–H and O–H groups in total. The summed E-state index contributed by atoms with van der Waals surface area (Å²) in [6.45, 7) is 9.16. The molecule has 0 aromatic carbocycles. The lowest BCUT2D eigenvalue weighted by atomic mass is 9.90. The van der Waals surface area contributed by atoms with Crippen LogP contribution in [0.3, 0.4) is 0 Å². The van der Waals surface area contributed by atoms with Crippen LogP contribution in [0.15, 0.2) is 16.9 Å². The van der Waals surface area contributed by atoms with Crippen LogP contribution in [0.1, 0.15) is 44.9 Å². The number of nitriles is 1. The normalized spacial score (nSPS) is 11.2. The Balaban J connectivity index is 2.85. The summed E-state index contributed by atoms with van der Waals surface area (Å²) in [5, 5.41) is 8.83. The molecule has 1 rings (SSSR count). The van der Waals surface area contributed by atoms with Crippen LogP contribution < -0.4 is 5.56 Å². The molecule has 0 atom stereocenters. The second-order valence-electron chi connectivity index (χ2n) is 5.62. The number of aryl methyl sites for hydroxylation is 1. The van der Waals surface area contributed by atoms with Crippen LogP contribution in [0.2, 0.25) is 0 Å². The Labute approximate surface area is 103 Å². The maximum atomic E-state index is 11.9. The Morgan fingerprint density at radius 2 is 2.00 bits per heavy atom. The maximum Gasteiger partial charge on any atom is 0.268 e. The average molecular weight is 232 g/mol. The van der Waals surface area contributed by atoms with Crippen LogP contribution in [0.4, 0.5) is 0 Å². The SMILES string of the molecule is Cc1ccc(C#N)c(=O)n1CCCC(C)(C)C. The molecule has 0 fully saturated rings. The van der Waals surface area contributed by atoms with Crippen molar-refractivity contribution in [3.05, 3.63) is 33.7 Å². The smallest absolute Gasteiger partial charge is 0.268 e. The van der Waals surface area contributed by atoms with Crippen LogP contribution in [0.25, 0.3) is 0 Å². The Morgan fingerprint density at radius 3 is 2.53 bits per heavy atom. The van der Waals surface area contributed by atoms with Crippen LogP contribution in [0, 0.1) is 23.7 Å². The third-order valence-electron chi connectivity index (χ3n) is 2.82. The van der Waals surface area contributed by atoms with Gasteiger partial charge < -0.3 is 4.57 Å². The van der Waals surface area contributed by atoms with E-state index in [1.54, 1.807) is 10.6 Å². The summed E-state index contributed by atoms with van der Waals surface area (Å²) in [6.07, 6.45) is 2.02. The van der Waals surface area contributed by atoms with Crippen molar-refractivity contribution in [3.63, 3.8) is 0 Å². The zero-order valence-electron chi connectivity index (χ0n) is 11.1. The molecule has 1 aromatic heterocycles. The second-order valence-corrected chi connectivity index (χ2v) is 5.62. The monoisotopic (exact) mass is 232 g/mol. The Hall–Kier alpha value is -1.56. The number of hydrogen-bond donors (Lipinski definition) is 0. The Morgan fingerprint density at radius 1 is 1.35 bits per heavy atom. The van der Waals surface area contributed by atoms with Crippen molar-refractivity contribution >= 4 is 0 Å². The van der Waals surface area contributed by atoms with Gasteiger partial charge in [-0.3, -0.25) is 4.79 Å². The van der Waals surface area contributed by atoms with Crippen molar-refractivity contribution in [2.45, 2.75) is 47.1 Å². The molecule has 0 aliphatic heterocycles. The highest BCUT2D eigenvalue weighted by molar-refractivity contribution is 5.27. The van der Waals surface area contributed by atoms with Gasteiger partial charge in [-0.15, -0.1) is 0 Å². The summed E-state index contributed by atoms with van der Waals surface area (Å²) in [5.41, 5.74) is 1.26. The highest BCUT2D eigenvalue weighted by atomic mass is 16.1. The summed E-state index contributed by atoms with van der Waals surface area (Å²) in [5.74, 6) is 0. The van der Waals surface area contributed by atoms with E-state index in [2.05, 4.69) is 20.8 Å². The van der Waals surface area contributed by atoms with E-state index in [0.29, 0.717) is 6.54 Å². The molecule has 3 nitrogen and oxygen atoms in total. The van der Waals surface area contributed by atoms with Gasteiger partial charge in [0.25, 0.3) is 5.56 Å². The molecule has 1 aromatic rings. The van der Waals surface area contributed by atoms with Crippen LogP contribution >= 0.6 is 0 Å². The largest absolute Gasteiger partial charge is 0.312 e. The zero-order valence-corrected chi connectivity index (χ0v) is 11.1. The molecule has 0 saturated carbocycles. The first kappa shape index (κ1) is 13.5. The lowest BCUT2D eigenvalue weighted by molar-refractivity contribution is 0.351. The molecular weight excluding hydrogens is 212 g/mol. The summed E-state index contributed by atoms with van der Waals surface area (Å²) >= 11 is 0. The quantitative estimate of drug-likeness (QED) is 0.804. The van der Waals surface area contributed by atoms with Gasteiger partial charge in [-0.1, -0.05) is 20.8 Å². The highest BCUT2D eigenvalue weighted by Crippen LogP contribution is 2.20. The van der Waals surface area contributed by atoms with E-state index in [1.165, 1.54) is 0 Å². The third kappa shape index (κ3) is 3.74. The van der Waals surface area contributed by atoms with Crippen molar-refractivity contribution in [1.29, 1.82) is 5.26 Å². The number of pyridine rings is 1. The maximum absolute atomic E-state index is 11.9. The van der Waals surface area contributed by atoms with Crippen molar-refractivity contribution in [2.24, 2.45) is 5.41 Å². The summed E-state index contributed by atoms with van der Waals surface area (Å²) < 4.78 is 1.70. The van der Waals surface area contributed by atoms with E-state index in [0.717, 1.165) is 18.5 Å². The second kappa shape index (κ2) is 5.18. The molecule has 0 bridgehead atoms. The van der Waals surface area contributed by atoms with Crippen molar-refractivity contribution in [2.75, 3.05) is 0 Å². The van der Waals surface area contributed by atoms with Gasteiger partial charge in [0.15, 0.2) is 0 Å². The predicted molar refractivity (Wildman–Crippen MR) is 68.8 cm³/mol. The molecule has 17 heavy (non-hydrogen) atoms. The molecule has 0 spiro atoms. The average Bonchev–Trinajstić information content (AvgIpc) is 2.21. The van der Waals surface area contributed by atoms with E-state index < -0.39 is 0 Å². The molecule has 1 heterocycles. The lowest BCUT2D eigenvalue weighted by Crippen LogP contribution is -2.25. The van der Waals surface area contributed by atoms with Crippen molar-refractivity contribution < 1.29 is 0 Å². The Bertz CT molecular complexity index is 486. The van der Waals surface area contributed by atoms with Crippen molar-refractivity contribution in [1.82, 2.24) is 4.57 Å². The van der Waals surface area contributed by atoms with E-state index >= 15 is 0 Å². The first-order chi connectivity index (χ1) is 7.85. The molecule has 0 saturated heterocycles. The molecule has 0 unspecified atom stereocenters. The summed E-state index contributed by atoms with van der Waals surface area (Å²) in [4.78, 5) is 11.9. The first-order valence-corrected chi connectivity index (χ1v) is 5.96. The molecule has 3 heteroatoms. The van der Waals surface area contributed by atoms with Crippen LogP contribution in [-0.2, 0) is 6.54 Å². The van der Waals surface area contributed by atoms with Gasteiger partial charge in [-0.05, 0) is 37.3 Å². The Kier molecular flexibility index (Phi) is 4.11. The molecule has 0 amide bonds. The molecule has 0 radical (unpaired) electrons. The van der Waals surface area contributed by atoms with Gasteiger partial charge in [0.2, 0.25) is 0 Å². The molecule has 0 aliphatic rings. The van der Waals surface area contributed by atoms with E-state index in [4.69, 9.17) is 5.26 Å². The first-order valence-electron chi connectivity index (χ1n) is 5.96. The van der Waals surface area contributed by atoms with E-state index in [9.17, 15) is 4.79 Å². The van der Waals surface area contributed by atoms with Gasteiger partial charge in [0.1, 0.15) is 11.6 Å². The predicted octanol–water partition coefficient (Wildman–Crippen LogP) is 2.85. The van der Waals surface area contributed by atoms with Crippen LogP contribution in [-0.4, -0.2) is 4.57 Å². The summed E-state index contributed by atoms with van der Waals surface area (Å²) in [6, 6.07) is 5.36. The minimum Gasteiger partial charge on any atom is -0.312 e. The van der Waals surface area contributed by atoms with Gasteiger partial charge >= 0.3 is 0 Å². The zero-order chi connectivity index (χ0) is 13.1. The number of aromatic nitrogens is 1. The fraction of sp³-hybridized carbons (Fsp3) is 0.571. The minimum absolute atomic E-state index is 0.165. The van der Waals surface area contributed by atoms with Gasteiger partial charge in [-0.25, -0.2) is 0 Å². The fourth-order valence-corrected chi connectivity index (χ4v) is 1.80. The van der Waals surface area contributed by atoms with Crippen molar-refractivity contribution in [3.8, 4) is 6.07 Å². The highest BCUT2D eigenvalue weighted by Gasteiger charge is 2.11. The third-order valence-corrected chi connectivity index (χ3v) is 2.82. The molecule has 92 valence electrons. The van der Waals surface area contributed by atoms with E-state index in [1.807, 2.05) is 19.1 Å².